The van der Waals surface area contributed by atoms with Gasteiger partial charge in [0.1, 0.15) is 5.00 Å². The van der Waals surface area contributed by atoms with Crippen LogP contribution in [0.15, 0.2) is 10.3 Å². The smallest absolute Gasteiger partial charge is 0.362 e. The standard InChI is InChI=1S/C17H20N4O7S/c1-4-28-17(25)12(21-26)8(2)19-20-14(23)13(22)18-15-11(16(24)27-3)9-6-5-7-10(9)29-15/h26H,4-7H2,1-3H3,(H,18,22)(H,20,23)/b19-8+,21-12-. The van der Waals surface area contributed by atoms with E-state index in [2.05, 4.69) is 20.3 Å². The molecule has 0 saturated carbocycles. The third-order valence-corrected chi connectivity index (χ3v) is 5.19. The molecular weight excluding hydrogens is 404 g/mol. The molecule has 0 saturated heterocycles. The molecule has 0 unspecified atom stereocenters. The quantitative estimate of drug-likeness (QED) is 0.201. The van der Waals surface area contributed by atoms with Gasteiger partial charge >= 0.3 is 23.8 Å². The van der Waals surface area contributed by atoms with Crippen LogP contribution in [0.1, 0.15) is 41.1 Å². The summed E-state index contributed by atoms with van der Waals surface area (Å²) in [4.78, 5) is 48.9. The molecule has 12 heteroatoms. The molecule has 1 heterocycles. The van der Waals surface area contributed by atoms with Gasteiger partial charge in [0.05, 0.1) is 25.0 Å². The normalized spacial score (nSPS) is 13.5. The molecule has 156 valence electrons. The third-order valence-electron chi connectivity index (χ3n) is 3.98. The second kappa shape index (κ2) is 9.78. The highest BCUT2D eigenvalue weighted by Gasteiger charge is 2.29. The first kappa shape index (κ1) is 22.0. The van der Waals surface area contributed by atoms with Gasteiger partial charge in [-0.3, -0.25) is 9.59 Å². The van der Waals surface area contributed by atoms with E-state index < -0.39 is 29.5 Å². The van der Waals surface area contributed by atoms with Crippen LogP contribution < -0.4 is 10.7 Å². The van der Waals surface area contributed by atoms with Crippen LogP contribution in [0.25, 0.3) is 0 Å². The van der Waals surface area contributed by atoms with E-state index in [9.17, 15) is 19.2 Å². The lowest BCUT2D eigenvalue weighted by molar-refractivity contribution is -0.136. The number of amides is 2. The number of methoxy groups -OCH3 is 1. The highest BCUT2D eigenvalue weighted by molar-refractivity contribution is 7.17. The van der Waals surface area contributed by atoms with Gasteiger partial charge in [-0.15, -0.1) is 11.3 Å². The Hall–Kier alpha value is -3.28. The number of rotatable bonds is 6. The van der Waals surface area contributed by atoms with Crippen LogP contribution >= 0.6 is 11.3 Å². The minimum Gasteiger partial charge on any atom is -0.465 e. The van der Waals surface area contributed by atoms with Crippen molar-refractivity contribution in [1.29, 1.82) is 0 Å². The zero-order valence-electron chi connectivity index (χ0n) is 16.0. The lowest BCUT2D eigenvalue weighted by atomic mass is 10.1. The summed E-state index contributed by atoms with van der Waals surface area (Å²) in [6.07, 6.45) is 2.38. The van der Waals surface area contributed by atoms with Crippen molar-refractivity contribution in [1.82, 2.24) is 5.43 Å². The van der Waals surface area contributed by atoms with Crippen LogP contribution in [0.3, 0.4) is 0 Å². The molecule has 0 radical (unpaired) electrons. The lowest BCUT2D eigenvalue weighted by Crippen LogP contribution is -2.34. The Morgan fingerprint density at radius 3 is 2.55 bits per heavy atom. The summed E-state index contributed by atoms with van der Waals surface area (Å²) in [5.41, 5.74) is 2.34. The predicted octanol–water partition coefficient (Wildman–Crippen LogP) is 0.847. The fourth-order valence-electron chi connectivity index (χ4n) is 2.67. The average molecular weight is 424 g/mol. The van der Waals surface area contributed by atoms with Gasteiger partial charge in [-0.2, -0.15) is 5.10 Å². The molecule has 2 amide bonds. The molecule has 0 fully saturated rings. The molecule has 0 aromatic carbocycles. The van der Waals surface area contributed by atoms with Crippen molar-refractivity contribution in [2.45, 2.75) is 33.1 Å². The lowest BCUT2D eigenvalue weighted by Gasteiger charge is -2.07. The minimum atomic E-state index is -1.14. The Labute approximate surface area is 169 Å². The van der Waals surface area contributed by atoms with Gasteiger partial charge in [0, 0.05) is 4.88 Å². The molecule has 1 aromatic heterocycles. The molecule has 0 aliphatic heterocycles. The summed E-state index contributed by atoms with van der Waals surface area (Å²) in [6, 6.07) is 0. The van der Waals surface area contributed by atoms with E-state index in [-0.39, 0.29) is 22.9 Å². The SMILES string of the molecule is CCOC(=O)C(=N\O)/C(C)=N/NC(=O)C(=O)Nc1sc2c(c1C(=O)OC)CCC2. The van der Waals surface area contributed by atoms with Crippen LogP contribution in [0.4, 0.5) is 5.00 Å². The number of aryl methyl sites for hydroxylation is 1. The van der Waals surface area contributed by atoms with Gasteiger partial charge in [-0.1, -0.05) is 5.16 Å². The fraction of sp³-hybridized carbons (Fsp3) is 0.412. The highest BCUT2D eigenvalue weighted by atomic mass is 32.1. The van der Waals surface area contributed by atoms with E-state index >= 15 is 0 Å². The predicted molar refractivity (Wildman–Crippen MR) is 103 cm³/mol. The van der Waals surface area contributed by atoms with Gasteiger partial charge in [0.2, 0.25) is 5.71 Å². The van der Waals surface area contributed by atoms with Crippen molar-refractivity contribution in [3.8, 4) is 0 Å². The number of carbonyl (C=O) groups is 4. The number of ether oxygens (including phenoxy) is 2. The number of nitrogens with zero attached hydrogens (tertiary/aromatic N) is 2. The molecule has 0 bridgehead atoms. The minimum absolute atomic E-state index is 0.0488. The third kappa shape index (κ3) is 4.96. The van der Waals surface area contributed by atoms with E-state index in [0.29, 0.717) is 6.42 Å². The second-order valence-corrected chi connectivity index (χ2v) is 6.92. The van der Waals surface area contributed by atoms with Crippen LogP contribution in [-0.4, -0.2) is 54.1 Å². The molecular formula is C17H20N4O7S. The first-order valence-corrected chi connectivity index (χ1v) is 9.43. The Morgan fingerprint density at radius 1 is 1.21 bits per heavy atom. The summed E-state index contributed by atoms with van der Waals surface area (Å²) in [7, 11) is 1.24. The van der Waals surface area contributed by atoms with E-state index in [4.69, 9.17) is 9.94 Å². The maximum Gasteiger partial charge on any atom is 0.362 e. The number of esters is 2. The van der Waals surface area contributed by atoms with E-state index in [1.54, 1.807) is 6.92 Å². The number of hydrazone groups is 1. The number of fused-ring (bicyclic) bond motifs is 1. The fourth-order valence-corrected chi connectivity index (χ4v) is 3.94. The van der Waals surface area contributed by atoms with Crippen molar-refractivity contribution < 1.29 is 33.9 Å². The van der Waals surface area contributed by atoms with Crippen molar-refractivity contribution in [3.63, 3.8) is 0 Å². The molecule has 11 nitrogen and oxygen atoms in total. The maximum absolute atomic E-state index is 12.2. The maximum atomic E-state index is 12.2. The Balaban J connectivity index is 2.09. The molecule has 29 heavy (non-hydrogen) atoms. The van der Waals surface area contributed by atoms with Gasteiger partial charge in [0.25, 0.3) is 0 Å². The highest BCUT2D eigenvalue weighted by Crippen LogP contribution is 2.39. The number of thiophene rings is 1. The number of nitrogens with one attached hydrogen (secondary N) is 2. The largest absolute Gasteiger partial charge is 0.465 e. The summed E-state index contributed by atoms with van der Waals surface area (Å²) in [6.45, 7) is 2.89. The van der Waals surface area contributed by atoms with Gasteiger partial charge in [0.15, 0.2) is 0 Å². The Bertz CT molecular complexity index is 904. The zero-order valence-corrected chi connectivity index (χ0v) is 16.8. The molecule has 1 aliphatic rings. The van der Waals surface area contributed by atoms with Crippen molar-refractivity contribution >= 4 is 51.5 Å². The van der Waals surface area contributed by atoms with Crippen molar-refractivity contribution in [3.05, 3.63) is 16.0 Å². The van der Waals surface area contributed by atoms with Crippen LogP contribution in [0, 0.1) is 0 Å². The molecule has 1 aliphatic carbocycles. The molecule has 1 aromatic rings. The summed E-state index contributed by atoms with van der Waals surface area (Å²) in [5, 5.41) is 17.9. The van der Waals surface area contributed by atoms with Gasteiger partial charge in [-0.25, -0.2) is 15.0 Å². The van der Waals surface area contributed by atoms with Gasteiger partial charge in [-0.05, 0) is 38.7 Å². The molecule has 2 rings (SSSR count). The van der Waals surface area contributed by atoms with E-state index in [1.807, 2.05) is 5.43 Å². The number of anilines is 1. The van der Waals surface area contributed by atoms with Crippen LogP contribution in [0.5, 0.6) is 0 Å². The summed E-state index contributed by atoms with van der Waals surface area (Å²) in [5.74, 6) is -3.74. The first-order valence-electron chi connectivity index (χ1n) is 8.61. The topological polar surface area (TPSA) is 156 Å². The second-order valence-electron chi connectivity index (χ2n) is 5.81. The number of hydrogen-bond acceptors (Lipinski definition) is 10. The molecule has 0 atom stereocenters. The summed E-state index contributed by atoms with van der Waals surface area (Å²) < 4.78 is 9.46. The monoisotopic (exact) mass is 424 g/mol. The number of hydrogen-bond donors (Lipinski definition) is 3. The van der Waals surface area contributed by atoms with Crippen molar-refractivity contribution in [2.24, 2.45) is 10.3 Å². The Kier molecular flexibility index (Phi) is 7.42. The summed E-state index contributed by atoms with van der Waals surface area (Å²) >= 11 is 1.22. The van der Waals surface area contributed by atoms with Gasteiger partial charge < -0.3 is 20.0 Å². The Morgan fingerprint density at radius 2 is 1.93 bits per heavy atom. The van der Waals surface area contributed by atoms with Crippen LogP contribution in [0.2, 0.25) is 0 Å². The van der Waals surface area contributed by atoms with Crippen LogP contribution in [-0.2, 0) is 36.7 Å². The van der Waals surface area contributed by atoms with E-state index in [0.717, 1.165) is 23.3 Å². The van der Waals surface area contributed by atoms with Crippen molar-refractivity contribution in [2.75, 3.05) is 19.0 Å². The number of oxime groups is 1. The zero-order chi connectivity index (χ0) is 21.6. The molecule has 0 spiro atoms. The average Bonchev–Trinajstić information content (AvgIpc) is 3.26. The first-order chi connectivity index (χ1) is 13.8. The number of carbonyl (C=O) groups excluding carboxylic acids is 4. The van der Waals surface area contributed by atoms with E-state index in [1.165, 1.54) is 25.4 Å². The molecule has 3 N–H and O–H groups in total.